The molecule has 21 heavy (non-hydrogen) atoms. The van der Waals surface area contributed by atoms with Crippen molar-refractivity contribution in [1.29, 1.82) is 0 Å². The van der Waals surface area contributed by atoms with Crippen molar-refractivity contribution in [3.63, 3.8) is 0 Å². The molecule has 0 saturated heterocycles. The predicted molar refractivity (Wildman–Crippen MR) is 73.4 cm³/mol. The standard InChI is InChI=1S/C13H18N6O2/c1-3-9-6-11(18(2)15-9)13-14-16-17-19(13)10(7-12(20)21)8-4-5-8/h6,8,10H,3-5,7H2,1-2H3,(H,20,21). The molecule has 8 heteroatoms. The van der Waals surface area contributed by atoms with E-state index in [1.165, 1.54) is 0 Å². The van der Waals surface area contributed by atoms with Gasteiger partial charge in [0.2, 0.25) is 5.82 Å². The highest BCUT2D eigenvalue weighted by atomic mass is 16.4. The van der Waals surface area contributed by atoms with E-state index in [1.54, 1.807) is 9.36 Å². The van der Waals surface area contributed by atoms with Gasteiger partial charge in [-0.3, -0.25) is 9.48 Å². The topological polar surface area (TPSA) is 98.7 Å². The van der Waals surface area contributed by atoms with Gasteiger partial charge in [0.15, 0.2) is 0 Å². The molecule has 0 bridgehead atoms. The fourth-order valence-corrected chi connectivity index (χ4v) is 2.61. The van der Waals surface area contributed by atoms with Crippen LogP contribution in [0.1, 0.15) is 37.9 Å². The zero-order chi connectivity index (χ0) is 15.0. The summed E-state index contributed by atoms with van der Waals surface area (Å²) < 4.78 is 3.40. The lowest BCUT2D eigenvalue weighted by Crippen LogP contribution is -2.18. The number of aliphatic carboxylic acids is 1. The Morgan fingerprint density at radius 1 is 1.52 bits per heavy atom. The minimum atomic E-state index is -0.826. The van der Waals surface area contributed by atoms with E-state index in [2.05, 4.69) is 20.6 Å². The highest BCUT2D eigenvalue weighted by Gasteiger charge is 2.36. The second kappa shape index (κ2) is 5.27. The average molecular weight is 290 g/mol. The smallest absolute Gasteiger partial charge is 0.305 e. The van der Waals surface area contributed by atoms with Crippen LogP contribution in [-0.2, 0) is 18.3 Å². The van der Waals surface area contributed by atoms with Crippen molar-refractivity contribution < 1.29 is 9.90 Å². The normalized spacial score (nSPS) is 16.1. The highest BCUT2D eigenvalue weighted by molar-refractivity contribution is 5.67. The van der Waals surface area contributed by atoms with Gasteiger partial charge in [0.25, 0.3) is 0 Å². The number of carboxylic acid groups (broad SMARTS) is 1. The summed E-state index contributed by atoms with van der Waals surface area (Å²) in [4.78, 5) is 11.1. The quantitative estimate of drug-likeness (QED) is 0.854. The van der Waals surface area contributed by atoms with Crippen LogP contribution in [-0.4, -0.2) is 41.1 Å². The highest BCUT2D eigenvalue weighted by Crippen LogP contribution is 2.42. The van der Waals surface area contributed by atoms with Crippen molar-refractivity contribution in [1.82, 2.24) is 30.0 Å². The number of rotatable bonds is 6. The first-order chi connectivity index (χ1) is 10.1. The van der Waals surface area contributed by atoms with E-state index in [-0.39, 0.29) is 12.5 Å². The number of hydrogen-bond donors (Lipinski definition) is 1. The maximum atomic E-state index is 11.1. The molecule has 1 aliphatic rings. The Morgan fingerprint density at radius 2 is 2.29 bits per heavy atom. The van der Waals surface area contributed by atoms with Crippen molar-refractivity contribution in [2.24, 2.45) is 13.0 Å². The van der Waals surface area contributed by atoms with Crippen LogP contribution in [0.3, 0.4) is 0 Å². The molecule has 8 nitrogen and oxygen atoms in total. The summed E-state index contributed by atoms with van der Waals surface area (Å²) in [6.45, 7) is 2.03. The Hall–Kier alpha value is -2.25. The molecular weight excluding hydrogens is 272 g/mol. The summed E-state index contributed by atoms with van der Waals surface area (Å²) in [6, 6.07) is 1.76. The first-order valence-corrected chi connectivity index (χ1v) is 7.13. The third-order valence-corrected chi connectivity index (χ3v) is 3.88. The van der Waals surface area contributed by atoms with E-state index in [1.807, 2.05) is 20.0 Å². The van der Waals surface area contributed by atoms with Crippen LogP contribution in [0.4, 0.5) is 0 Å². The van der Waals surface area contributed by atoms with Crippen molar-refractivity contribution in [3.05, 3.63) is 11.8 Å². The van der Waals surface area contributed by atoms with E-state index in [0.717, 1.165) is 30.7 Å². The Labute approximate surface area is 121 Å². The molecule has 2 heterocycles. The first-order valence-electron chi connectivity index (χ1n) is 7.13. The zero-order valence-corrected chi connectivity index (χ0v) is 12.1. The maximum absolute atomic E-state index is 11.1. The minimum absolute atomic E-state index is 0.0429. The maximum Gasteiger partial charge on any atom is 0.305 e. The van der Waals surface area contributed by atoms with E-state index < -0.39 is 5.97 Å². The molecule has 0 radical (unpaired) electrons. The largest absolute Gasteiger partial charge is 0.481 e. The van der Waals surface area contributed by atoms with Gasteiger partial charge in [0, 0.05) is 7.05 Å². The molecule has 3 rings (SSSR count). The fourth-order valence-electron chi connectivity index (χ4n) is 2.61. The molecule has 0 aromatic carbocycles. The van der Waals surface area contributed by atoms with Gasteiger partial charge in [-0.1, -0.05) is 6.92 Å². The zero-order valence-electron chi connectivity index (χ0n) is 12.1. The minimum Gasteiger partial charge on any atom is -0.481 e. The molecule has 1 N–H and O–H groups in total. The van der Waals surface area contributed by atoms with Gasteiger partial charge in [-0.2, -0.15) is 5.10 Å². The lowest BCUT2D eigenvalue weighted by Gasteiger charge is -2.15. The van der Waals surface area contributed by atoms with Gasteiger partial charge >= 0.3 is 5.97 Å². The van der Waals surface area contributed by atoms with Gasteiger partial charge in [0.05, 0.1) is 18.2 Å². The van der Waals surface area contributed by atoms with E-state index in [9.17, 15) is 4.79 Å². The molecule has 2 aromatic heterocycles. The first kappa shape index (κ1) is 13.7. The Balaban J connectivity index is 1.99. The number of carboxylic acids is 1. The van der Waals surface area contributed by atoms with Crippen LogP contribution in [0.2, 0.25) is 0 Å². The van der Waals surface area contributed by atoms with Crippen LogP contribution in [0.15, 0.2) is 6.07 Å². The van der Waals surface area contributed by atoms with E-state index >= 15 is 0 Å². The second-order valence-electron chi connectivity index (χ2n) is 5.45. The Morgan fingerprint density at radius 3 is 2.86 bits per heavy atom. The van der Waals surface area contributed by atoms with Crippen molar-refractivity contribution in [2.75, 3.05) is 0 Å². The van der Waals surface area contributed by atoms with Crippen molar-refractivity contribution >= 4 is 5.97 Å². The molecule has 1 aliphatic carbocycles. The molecule has 1 unspecified atom stereocenters. The molecule has 0 spiro atoms. The lowest BCUT2D eigenvalue weighted by molar-refractivity contribution is -0.138. The molecule has 2 aromatic rings. The third-order valence-electron chi connectivity index (χ3n) is 3.88. The lowest BCUT2D eigenvalue weighted by atomic mass is 10.1. The number of tetrazole rings is 1. The van der Waals surface area contributed by atoms with Gasteiger partial charge in [-0.25, -0.2) is 4.68 Å². The van der Waals surface area contributed by atoms with Crippen LogP contribution in [0.5, 0.6) is 0 Å². The van der Waals surface area contributed by atoms with E-state index in [0.29, 0.717) is 11.7 Å². The van der Waals surface area contributed by atoms with Gasteiger partial charge in [-0.15, -0.1) is 5.10 Å². The molecule has 112 valence electrons. The number of hydrogen-bond acceptors (Lipinski definition) is 5. The summed E-state index contributed by atoms with van der Waals surface area (Å²) in [7, 11) is 1.84. The number of carbonyl (C=O) groups is 1. The number of aryl methyl sites for hydroxylation is 2. The summed E-state index contributed by atoms with van der Waals surface area (Å²) in [5.74, 6) is 0.109. The molecular formula is C13H18N6O2. The van der Waals surface area contributed by atoms with Crippen LogP contribution in [0, 0.1) is 5.92 Å². The van der Waals surface area contributed by atoms with Gasteiger partial charge in [0.1, 0.15) is 5.69 Å². The van der Waals surface area contributed by atoms with Crippen molar-refractivity contribution in [2.45, 2.75) is 38.6 Å². The molecule has 0 amide bonds. The molecule has 1 fully saturated rings. The Kier molecular flexibility index (Phi) is 3.44. The van der Waals surface area contributed by atoms with Crippen LogP contribution < -0.4 is 0 Å². The average Bonchev–Trinajstić information content (AvgIpc) is 3.05. The summed E-state index contributed by atoms with van der Waals surface area (Å²) in [5.41, 5.74) is 1.77. The number of nitrogens with zero attached hydrogens (tertiary/aromatic N) is 6. The van der Waals surface area contributed by atoms with Crippen LogP contribution in [0.25, 0.3) is 11.5 Å². The summed E-state index contributed by atoms with van der Waals surface area (Å²) in [6.07, 6.45) is 2.93. The molecule has 0 aliphatic heterocycles. The monoisotopic (exact) mass is 290 g/mol. The van der Waals surface area contributed by atoms with Crippen LogP contribution >= 0.6 is 0 Å². The predicted octanol–water partition coefficient (Wildman–Crippen LogP) is 1.06. The van der Waals surface area contributed by atoms with Gasteiger partial charge in [-0.05, 0) is 41.7 Å². The fraction of sp³-hybridized carbons (Fsp3) is 0.615. The summed E-state index contributed by atoms with van der Waals surface area (Å²) >= 11 is 0. The SMILES string of the molecule is CCc1cc(-c2nnnn2C(CC(=O)O)C2CC2)n(C)n1. The summed E-state index contributed by atoms with van der Waals surface area (Å²) in [5, 5.41) is 25.4. The van der Waals surface area contributed by atoms with Gasteiger partial charge < -0.3 is 5.11 Å². The molecule has 1 atom stereocenters. The number of aromatic nitrogens is 6. The van der Waals surface area contributed by atoms with Crippen molar-refractivity contribution in [3.8, 4) is 11.5 Å². The third kappa shape index (κ3) is 2.65. The molecule has 1 saturated carbocycles. The second-order valence-corrected chi connectivity index (χ2v) is 5.45. The Bertz CT molecular complexity index is 657. The van der Waals surface area contributed by atoms with E-state index in [4.69, 9.17) is 5.11 Å².